The van der Waals surface area contributed by atoms with Gasteiger partial charge in [-0.05, 0) is 31.8 Å². The van der Waals surface area contributed by atoms with Gasteiger partial charge in [-0.2, -0.15) is 9.61 Å². The molecule has 0 spiro atoms. The van der Waals surface area contributed by atoms with Crippen LogP contribution < -0.4 is 10.9 Å². The second-order valence-corrected chi connectivity index (χ2v) is 8.59. The SMILES string of the molecule is O=C(NC1CC1)c1c(O)n2ncc(/C=C/C(=O)N3CCOCC3)c2n(CC2(F)CC2)c1=O. The third-order valence-corrected chi connectivity index (χ3v) is 6.01. The molecule has 2 aliphatic carbocycles. The molecule has 1 aliphatic heterocycles. The predicted molar refractivity (Wildman–Crippen MR) is 111 cm³/mol. The maximum Gasteiger partial charge on any atom is 0.270 e. The Morgan fingerprint density at radius 2 is 2.03 bits per heavy atom. The summed E-state index contributed by atoms with van der Waals surface area (Å²) >= 11 is 0. The van der Waals surface area contributed by atoms with Crippen molar-refractivity contribution in [3.63, 3.8) is 0 Å². The lowest BCUT2D eigenvalue weighted by Crippen LogP contribution is -2.39. The second-order valence-electron chi connectivity index (χ2n) is 8.59. The van der Waals surface area contributed by atoms with Gasteiger partial charge in [0.2, 0.25) is 11.8 Å². The molecule has 0 radical (unpaired) electrons. The van der Waals surface area contributed by atoms with Crippen molar-refractivity contribution < 1.29 is 23.8 Å². The van der Waals surface area contributed by atoms with Crippen LogP contribution in [0, 0.1) is 0 Å². The van der Waals surface area contributed by atoms with E-state index in [-0.39, 0.29) is 24.1 Å². The molecule has 2 aromatic rings. The molecule has 5 rings (SSSR count). The number of hydrogen-bond acceptors (Lipinski definition) is 6. The molecule has 3 fully saturated rings. The molecule has 0 bridgehead atoms. The van der Waals surface area contributed by atoms with Gasteiger partial charge in [0.25, 0.3) is 11.5 Å². The van der Waals surface area contributed by atoms with Crippen LogP contribution >= 0.6 is 0 Å². The van der Waals surface area contributed by atoms with Crippen LogP contribution in [0.4, 0.5) is 4.39 Å². The van der Waals surface area contributed by atoms with E-state index in [4.69, 9.17) is 4.74 Å². The highest BCUT2D eigenvalue weighted by Gasteiger charge is 2.44. The Labute approximate surface area is 182 Å². The third-order valence-electron chi connectivity index (χ3n) is 6.01. The molecule has 10 nitrogen and oxygen atoms in total. The van der Waals surface area contributed by atoms with Gasteiger partial charge in [0, 0.05) is 30.8 Å². The summed E-state index contributed by atoms with van der Waals surface area (Å²) < 4.78 is 22.1. The highest BCUT2D eigenvalue weighted by molar-refractivity contribution is 5.97. The number of morpholine rings is 1. The van der Waals surface area contributed by atoms with Gasteiger partial charge in [0.1, 0.15) is 11.3 Å². The zero-order valence-electron chi connectivity index (χ0n) is 17.4. The van der Waals surface area contributed by atoms with E-state index in [0.717, 1.165) is 21.9 Å². The van der Waals surface area contributed by atoms with Gasteiger partial charge >= 0.3 is 0 Å². The summed E-state index contributed by atoms with van der Waals surface area (Å²) in [5.41, 5.74) is -2.30. The molecule has 11 heteroatoms. The number of halogens is 1. The summed E-state index contributed by atoms with van der Waals surface area (Å²) in [6.45, 7) is 1.63. The van der Waals surface area contributed by atoms with Crippen LogP contribution in [0.15, 0.2) is 17.1 Å². The Morgan fingerprint density at radius 3 is 2.69 bits per heavy atom. The first-order valence-electron chi connectivity index (χ1n) is 10.7. The van der Waals surface area contributed by atoms with Crippen LogP contribution in [0.2, 0.25) is 0 Å². The molecule has 2 aromatic heterocycles. The average molecular weight is 445 g/mol. The Balaban J connectivity index is 1.56. The van der Waals surface area contributed by atoms with E-state index in [9.17, 15) is 23.9 Å². The standard InChI is InChI=1S/C21H24FN5O5/c22-21(5-6-21)12-26-18-13(1-4-15(28)25-7-9-32-10-8-25)11-23-27(18)20(31)16(19(26)30)17(29)24-14-2-3-14/h1,4,11,14,31H,2-3,5-10,12H2,(H,24,29)/b4-1+. The van der Waals surface area contributed by atoms with Crippen molar-refractivity contribution >= 4 is 23.5 Å². The largest absolute Gasteiger partial charge is 0.492 e. The first kappa shape index (κ1) is 20.7. The molecule has 2 amide bonds. The topological polar surface area (TPSA) is 118 Å². The van der Waals surface area contributed by atoms with Crippen LogP contribution in [-0.2, 0) is 16.1 Å². The second kappa shape index (κ2) is 7.73. The van der Waals surface area contributed by atoms with Gasteiger partial charge in [-0.25, -0.2) is 4.39 Å². The number of aromatic nitrogens is 3. The lowest BCUT2D eigenvalue weighted by molar-refractivity contribution is -0.129. The maximum atomic E-state index is 14.7. The number of amides is 2. The first-order valence-corrected chi connectivity index (χ1v) is 10.7. The number of rotatable bonds is 6. The summed E-state index contributed by atoms with van der Waals surface area (Å²) in [4.78, 5) is 39.9. The van der Waals surface area contributed by atoms with Crippen molar-refractivity contribution in [1.82, 2.24) is 24.4 Å². The van der Waals surface area contributed by atoms with Crippen LogP contribution in [0.5, 0.6) is 5.88 Å². The lowest BCUT2D eigenvalue weighted by Gasteiger charge is -2.25. The summed E-state index contributed by atoms with van der Waals surface area (Å²) in [6.07, 6.45) is 6.45. The van der Waals surface area contributed by atoms with Crippen LogP contribution in [0.25, 0.3) is 11.7 Å². The summed E-state index contributed by atoms with van der Waals surface area (Å²) in [5.74, 6) is -1.54. The molecule has 2 saturated carbocycles. The summed E-state index contributed by atoms with van der Waals surface area (Å²) in [7, 11) is 0. The van der Waals surface area contributed by atoms with E-state index < -0.39 is 28.6 Å². The third kappa shape index (κ3) is 3.88. The zero-order valence-corrected chi connectivity index (χ0v) is 17.4. The molecular formula is C21H24FN5O5. The van der Waals surface area contributed by atoms with Gasteiger partial charge in [0.15, 0.2) is 5.56 Å². The van der Waals surface area contributed by atoms with Crippen LogP contribution in [0.3, 0.4) is 0 Å². The van der Waals surface area contributed by atoms with Crippen LogP contribution in [0.1, 0.15) is 41.6 Å². The van der Waals surface area contributed by atoms with E-state index in [1.165, 1.54) is 18.3 Å². The number of fused-ring (bicyclic) bond motifs is 1. The average Bonchev–Trinajstić information content (AvgIpc) is 3.69. The number of nitrogens with zero attached hydrogens (tertiary/aromatic N) is 4. The number of nitrogens with one attached hydrogen (secondary N) is 1. The highest BCUT2D eigenvalue weighted by atomic mass is 19.1. The zero-order chi connectivity index (χ0) is 22.5. The Bertz CT molecular complexity index is 1170. The minimum atomic E-state index is -1.54. The molecule has 0 unspecified atom stereocenters. The highest BCUT2D eigenvalue weighted by Crippen LogP contribution is 2.41. The molecule has 32 heavy (non-hydrogen) atoms. The number of aromatic hydroxyl groups is 1. The van der Waals surface area contributed by atoms with Gasteiger partial charge in [0.05, 0.1) is 26.0 Å². The molecule has 3 heterocycles. The van der Waals surface area contributed by atoms with E-state index in [1.54, 1.807) is 4.90 Å². The Kier molecular flexibility index (Phi) is 5.00. The number of carbonyl (C=O) groups excluding carboxylic acids is 2. The van der Waals surface area contributed by atoms with Crippen molar-refractivity contribution in [2.24, 2.45) is 0 Å². The fourth-order valence-electron chi connectivity index (χ4n) is 3.79. The van der Waals surface area contributed by atoms with Crippen LogP contribution in [-0.4, -0.2) is 74.0 Å². The summed E-state index contributed by atoms with van der Waals surface area (Å²) in [6, 6.07) is -0.0243. The fraction of sp³-hybridized carbons (Fsp3) is 0.524. The lowest BCUT2D eigenvalue weighted by atomic mass is 10.2. The smallest absolute Gasteiger partial charge is 0.270 e. The van der Waals surface area contributed by atoms with E-state index in [1.807, 2.05) is 0 Å². The molecule has 2 N–H and O–H groups in total. The quantitative estimate of drug-likeness (QED) is 0.624. The molecular weight excluding hydrogens is 421 g/mol. The number of alkyl halides is 1. The summed E-state index contributed by atoms with van der Waals surface area (Å²) in [5, 5.41) is 17.5. The fourth-order valence-corrected chi connectivity index (χ4v) is 3.79. The number of ether oxygens (including phenoxy) is 1. The maximum absolute atomic E-state index is 14.7. The molecule has 1 saturated heterocycles. The minimum Gasteiger partial charge on any atom is -0.492 e. The molecule has 170 valence electrons. The minimum absolute atomic E-state index is 0.0243. The van der Waals surface area contributed by atoms with Gasteiger partial charge in [-0.3, -0.25) is 19.0 Å². The van der Waals surface area contributed by atoms with Gasteiger partial charge in [-0.1, -0.05) is 0 Å². The number of hydrogen-bond donors (Lipinski definition) is 2. The Hall–Kier alpha value is -3.21. The van der Waals surface area contributed by atoms with Crippen molar-refractivity contribution in [2.45, 2.75) is 43.9 Å². The van der Waals surface area contributed by atoms with Crippen molar-refractivity contribution in [3.8, 4) is 5.88 Å². The van der Waals surface area contributed by atoms with Gasteiger partial charge in [-0.15, -0.1) is 0 Å². The van der Waals surface area contributed by atoms with E-state index >= 15 is 0 Å². The number of carbonyl (C=O) groups is 2. The predicted octanol–water partition coefficient (Wildman–Crippen LogP) is 0.468. The van der Waals surface area contributed by atoms with Crippen molar-refractivity contribution in [3.05, 3.63) is 33.8 Å². The van der Waals surface area contributed by atoms with Crippen molar-refractivity contribution in [1.29, 1.82) is 0 Å². The molecule has 0 aromatic carbocycles. The van der Waals surface area contributed by atoms with Gasteiger partial charge < -0.3 is 20.1 Å². The van der Waals surface area contributed by atoms with E-state index in [0.29, 0.717) is 44.7 Å². The normalized spacial score (nSPS) is 20.1. The molecule has 0 atom stereocenters. The van der Waals surface area contributed by atoms with Crippen molar-refractivity contribution in [2.75, 3.05) is 26.3 Å². The Morgan fingerprint density at radius 1 is 1.31 bits per heavy atom. The monoisotopic (exact) mass is 445 g/mol. The first-order chi connectivity index (χ1) is 15.4. The van der Waals surface area contributed by atoms with E-state index in [2.05, 4.69) is 10.4 Å². The molecule has 3 aliphatic rings.